The standard InChI is InChI=1S/C25H22ClN3O4S/c1-14(28-29-24(31)22-21(26)19-8-4-5-9-20(19)34-22)15-10-12-16(13-11-15)27-23(30)17-6-2-3-7-18(17)25(32)33/h2-5,8-13,17-18H,6-7H2,1H3,(H,27,30)(H,29,31)(H,32,33)/b28-14-/t17-,18+/m0/s1. The van der Waals surface area contributed by atoms with Gasteiger partial charge >= 0.3 is 5.97 Å². The molecule has 1 aliphatic carbocycles. The summed E-state index contributed by atoms with van der Waals surface area (Å²) in [5.41, 5.74) is 4.43. The number of fused-ring (bicyclic) bond motifs is 1. The predicted molar refractivity (Wildman–Crippen MR) is 135 cm³/mol. The van der Waals surface area contributed by atoms with Crippen LogP contribution in [0.3, 0.4) is 0 Å². The van der Waals surface area contributed by atoms with Crippen LogP contribution in [0.15, 0.2) is 65.8 Å². The minimum Gasteiger partial charge on any atom is -0.481 e. The van der Waals surface area contributed by atoms with Crippen LogP contribution in [-0.4, -0.2) is 28.6 Å². The fourth-order valence-electron chi connectivity index (χ4n) is 3.82. The first-order chi connectivity index (χ1) is 16.3. The molecule has 7 nitrogen and oxygen atoms in total. The molecule has 174 valence electrons. The molecule has 1 aliphatic rings. The maximum atomic E-state index is 12.6. The smallest absolute Gasteiger partial charge is 0.307 e. The van der Waals surface area contributed by atoms with Crippen LogP contribution >= 0.6 is 22.9 Å². The number of carboxylic acids is 1. The first-order valence-corrected chi connectivity index (χ1v) is 11.9. The van der Waals surface area contributed by atoms with E-state index in [1.807, 2.05) is 30.3 Å². The van der Waals surface area contributed by atoms with Gasteiger partial charge in [0.2, 0.25) is 5.91 Å². The largest absolute Gasteiger partial charge is 0.481 e. The van der Waals surface area contributed by atoms with E-state index in [4.69, 9.17) is 11.6 Å². The Morgan fingerprint density at radius 2 is 1.71 bits per heavy atom. The van der Waals surface area contributed by atoms with Crippen molar-refractivity contribution >= 4 is 62.2 Å². The zero-order chi connectivity index (χ0) is 24.2. The number of hydrogen-bond donors (Lipinski definition) is 3. The van der Waals surface area contributed by atoms with E-state index >= 15 is 0 Å². The van der Waals surface area contributed by atoms with Crippen molar-refractivity contribution in [2.75, 3.05) is 5.32 Å². The molecule has 0 fully saturated rings. The van der Waals surface area contributed by atoms with Crippen molar-refractivity contribution in [3.05, 3.63) is 76.1 Å². The molecule has 3 N–H and O–H groups in total. The van der Waals surface area contributed by atoms with Gasteiger partial charge in [-0.3, -0.25) is 14.4 Å². The van der Waals surface area contributed by atoms with E-state index in [-0.39, 0.29) is 11.8 Å². The SMILES string of the molecule is C/C(=N/NC(=O)c1sc2ccccc2c1Cl)c1ccc(NC(=O)[C@H]2CC=CC[C@H]2C(=O)O)cc1. The number of carbonyl (C=O) groups is 3. The molecule has 0 unspecified atom stereocenters. The molecule has 1 aromatic heterocycles. The molecule has 9 heteroatoms. The van der Waals surface area contributed by atoms with E-state index in [2.05, 4.69) is 15.8 Å². The van der Waals surface area contributed by atoms with Gasteiger partial charge in [-0.05, 0) is 43.5 Å². The molecule has 0 aliphatic heterocycles. The van der Waals surface area contributed by atoms with Crippen LogP contribution < -0.4 is 10.7 Å². The number of hydrazone groups is 1. The predicted octanol–water partition coefficient (Wildman–Crippen LogP) is 5.31. The third-order valence-corrected chi connectivity index (χ3v) is 7.40. The van der Waals surface area contributed by atoms with Gasteiger partial charge in [-0.1, -0.05) is 54.1 Å². The van der Waals surface area contributed by atoms with Gasteiger partial charge in [0.05, 0.1) is 22.6 Å². The van der Waals surface area contributed by atoms with Crippen LogP contribution in [0.5, 0.6) is 0 Å². The number of nitrogens with one attached hydrogen (secondary N) is 2. The molecule has 0 bridgehead atoms. The number of anilines is 1. The Hall–Kier alpha value is -3.49. The first kappa shape index (κ1) is 23.7. The van der Waals surface area contributed by atoms with Crippen LogP contribution in [-0.2, 0) is 9.59 Å². The lowest BCUT2D eigenvalue weighted by molar-refractivity contribution is -0.146. The monoisotopic (exact) mass is 495 g/mol. The van der Waals surface area contributed by atoms with Crippen molar-refractivity contribution in [1.29, 1.82) is 0 Å². The molecular formula is C25H22ClN3O4S. The van der Waals surface area contributed by atoms with Crippen molar-refractivity contribution in [3.8, 4) is 0 Å². The van der Waals surface area contributed by atoms with Crippen molar-refractivity contribution in [3.63, 3.8) is 0 Å². The number of aliphatic carboxylic acids is 1. The second kappa shape index (κ2) is 10.2. The minimum absolute atomic E-state index is 0.317. The molecule has 0 saturated carbocycles. The Bertz CT molecular complexity index is 1310. The van der Waals surface area contributed by atoms with E-state index in [9.17, 15) is 19.5 Å². The molecule has 1 heterocycles. The van der Waals surface area contributed by atoms with E-state index < -0.39 is 17.8 Å². The number of rotatable bonds is 6. The second-order valence-corrected chi connectivity index (χ2v) is 9.37. The molecule has 34 heavy (non-hydrogen) atoms. The van der Waals surface area contributed by atoms with Gasteiger partial charge in [0.25, 0.3) is 5.91 Å². The third-order valence-electron chi connectivity index (χ3n) is 5.72. The van der Waals surface area contributed by atoms with Gasteiger partial charge in [0, 0.05) is 15.8 Å². The zero-order valence-electron chi connectivity index (χ0n) is 18.2. The Balaban J connectivity index is 1.40. The highest BCUT2D eigenvalue weighted by Gasteiger charge is 2.33. The molecule has 4 rings (SSSR count). The summed E-state index contributed by atoms with van der Waals surface area (Å²) in [6.45, 7) is 1.76. The Labute approximate surface area is 205 Å². The van der Waals surface area contributed by atoms with Crippen molar-refractivity contribution in [1.82, 2.24) is 5.43 Å². The van der Waals surface area contributed by atoms with Gasteiger partial charge in [-0.25, -0.2) is 5.43 Å². The molecular weight excluding hydrogens is 474 g/mol. The summed E-state index contributed by atoms with van der Waals surface area (Å²) < 4.78 is 0.926. The quantitative estimate of drug-likeness (QED) is 0.244. The Morgan fingerprint density at radius 3 is 2.38 bits per heavy atom. The molecule has 0 saturated heterocycles. The Morgan fingerprint density at radius 1 is 1.03 bits per heavy atom. The fraction of sp³-hybridized carbons (Fsp3) is 0.200. The maximum absolute atomic E-state index is 12.6. The third kappa shape index (κ3) is 5.03. The molecule has 0 radical (unpaired) electrons. The lowest BCUT2D eigenvalue weighted by Crippen LogP contribution is -2.34. The highest BCUT2D eigenvalue weighted by atomic mass is 35.5. The van der Waals surface area contributed by atoms with E-state index in [0.29, 0.717) is 34.1 Å². The number of nitrogens with zero attached hydrogens (tertiary/aromatic N) is 1. The topological polar surface area (TPSA) is 108 Å². The summed E-state index contributed by atoms with van der Waals surface area (Å²) in [6, 6.07) is 14.5. The van der Waals surface area contributed by atoms with Crippen molar-refractivity contribution in [2.45, 2.75) is 19.8 Å². The molecule has 2 aromatic carbocycles. The maximum Gasteiger partial charge on any atom is 0.307 e. The van der Waals surface area contributed by atoms with E-state index in [1.54, 1.807) is 37.3 Å². The summed E-state index contributed by atoms with van der Waals surface area (Å²) in [6.07, 6.45) is 4.39. The van der Waals surface area contributed by atoms with Crippen molar-refractivity contribution in [2.24, 2.45) is 16.9 Å². The number of carbonyl (C=O) groups excluding carboxylic acids is 2. The lowest BCUT2D eigenvalue weighted by Gasteiger charge is -2.24. The average Bonchev–Trinajstić information content (AvgIpc) is 3.19. The summed E-state index contributed by atoms with van der Waals surface area (Å²) in [5, 5.41) is 17.6. The van der Waals surface area contributed by atoms with Crippen LogP contribution in [0.1, 0.15) is 35.0 Å². The molecule has 0 spiro atoms. The Kier molecular flexibility index (Phi) is 7.09. The zero-order valence-corrected chi connectivity index (χ0v) is 19.8. The van der Waals surface area contributed by atoms with Gasteiger partial charge in [-0.15, -0.1) is 11.3 Å². The first-order valence-electron chi connectivity index (χ1n) is 10.7. The molecule has 2 amide bonds. The van der Waals surface area contributed by atoms with Crippen LogP contribution in [0.4, 0.5) is 5.69 Å². The molecule has 3 aromatic rings. The minimum atomic E-state index is -0.967. The van der Waals surface area contributed by atoms with Gasteiger partial charge in [-0.2, -0.15) is 5.10 Å². The van der Waals surface area contributed by atoms with E-state index in [0.717, 1.165) is 15.6 Å². The van der Waals surface area contributed by atoms with Crippen LogP contribution in [0.25, 0.3) is 10.1 Å². The number of amides is 2. The highest BCUT2D eigenvalue weighted by Crippen LogP contribution is 2.35. The summed E-state index contributed by atoms with van der Waals surface area (Å²) in [5.74, 6) is -3.00. The van der Waals surface area contributed by atoms with Gasteiger partial charge in [0.1, 0.15) is 4.88 Å². The normalized spacial score (nSPS) is 18.0. The number of halogens is 1. The van der Waals surface area contributed by atoms with Gasteiger partial charge in [0.15, 0.2) is 0 Å². The summed E-state index contributed by atoms with van der Waals surface area (Å²) in [4.78, 5) is 37.0. The fourth-order valence-corrected chi connectivity index (χ4v) is 5.22. The average molecular weight is 496 g/mol. The van der Waals surface area contributed by atoms with Gasteiger partial charge < -0.3 is 10.4 Å². The summed E-state index contributed by atoms with van der Waals surface area (Å²) in [7, 11) is 0. The number of allylic oxidation sites excluding steroid dienone is 2. The second-order valence-electron chi connectivity index (χ2n) is 7.94. The number of carboxylic acid groups (broad SMARTS) is 1. The van der Waals surface area contributed by atoms with Crippen LogP contribution in [0.2, 0.25) is 5.02 Å². The number of hydrogen-bond acceptors (Lipinski definition) is 5. The highest BCUT2D eigenvalue weighted by molar-refractivity contribution is 7.21. The van der Waals surface area contributed by atoms with Crippen LogP contribution in [0, 0.1) is 11.8 Å². The lowest BCUT2D eigenvalue weighted by atomic mass is 9.82. The number of thiophene rings is 1. The molecule has 2 atom stereocenters. The van der Waals surface area contributed by atoms with E-state index in [1.165, 1.54) is 11.3 Å². The van der Waals surface area contributed by atoms with Crippen molar-refractivity contribution < 1.29 is 19.5 Å². The summed E-state index contributed by atoms with van der Waals surface area (Å²) >= 11 is 7.66. The number of benzene rings is 2.